The molecule has 1 rings (SSSR count). The van der Waals surface area contributed by atoms with Gasteiger partial charge in [0.05, 0.1) is 19.3 Å². The molecule has 1 aliphatic rings. The van der Waals surface area contributed by atoms with Crippen LogP contribution >= 0.6 is 12.4 Å². The van der Waals surface area contributed by atoms with Crippen molar-refractivity contribution in [3.63, 3.8) is 0 Å². The Balaban J connectivity index is 0.00000225. The first-order chi connectivity index (χ1) is 7.11. The summed E-state index contributed by atoms with van der Waals surface area (Å²) >= 11 is 0. The highest BCUT2D eigenvalue weighted by Gasteiger charge is 2.15. The van der Waals surface area contributed by atoms with Crippen molar-refractivity contribution in [1.29, 1.82) is 0 Å². The van der Waals surface area contributed by atoms with E-state index in [0.29, 0.717) is 0 Å². The lowest BCUT2D eigenvalue weighted by Gasteiger charge is -2.29. The molecule has 0 aromatic heterocycles. The fourth-order valence-corrected chi connectivity index (χ4v) is 1.57. The number of likely N-dealkylation sites (N-methyl/N-ethyl adjacent to an activating group) is 1. The van der Waals surface area contributed by atoms with Crippen molar-refractivity contribution >= 4 is 18.3 Å². The van der Waals surface area contributed by atoms with E-state index >= 15 is 0 Å². The summed E-state index contributed by atoms with van der Waals surface area (Å²) in [5.74, 6) is 0.00302. The molecule has 1 unspecified atom stereocenters. The number of halogens is 1. The van der Waals surface area contributed by atoms with E-state index in [1.807, 2.05) is 0 Å². The van der Waals surface area contributed by atoms with Crippen LogP contribution in [-0.4, -0.2) is 68.2 Å². The number of carbonyl (C=O) groups excluding carboxylic acids is 1. The van der Waals surface area contributed by atoms with Crippen LogP contribution in [0.4, 0.5) is 0 Å². The van der Waals surface area contributed by atoms with Crippen LogP contribution in [-0.2, 0) is 9.53 Å². The summed E-state index contributed by atoms with van der Waals surface area (Å²) in [4.78, 5) is 15.5. The van der Waals surface area contributed by atoms with Gasteiger partial charge >= 0.3 is 0 Å². The Morgan fingerprint density at radius 3 is 2.56 bits per heavy atom. The standard InChI is InChI=1S/C10H21N3O2.ClH/c1-9(11)10(14)12(2)3-4-13-5-7-15-8-6-13;/h9H,3-8,11H2,1-2H3;1H. The number of ether oxygens (including phenoxy) is 1. The van der Waals surface area contributed by atoms with Gasteiger partial charge in [0.1, 0.15) is 0 Å². The minimum Gasteiger partial charge on any atom is -0.379 e. The van der Waals surface area contributed by atoms with Crippen LogP contribution in [0.25, 0.3) is 0 Å². The molecule has 0 radical (unpaired) electrons. The molecule has 0 saturated carbocycles. The Morgan fingerprint density at radius 2 is 2.06 bits per heavy atom. The van der Waals surface area contributed by atoms with Crippen molar-refractivity contribution in [1.82, 2.24) is 9.80 Å². The maximum Gasteiger partial charge on any atom is 0.238 e. The predicted molar refractivity (Wildman–Crippen MR) is 65.8 cm³/mol. The first-order valence-corrected chi connectivity index (χ1v) is 5.42. The third kappa shape index (κ3) is 5.12. The van der Waals surface area contributed by atoms with Gasteiger partial charge in [-0.2, -0.15) is 0 Å². The normalized spacial score (nSPS) is 18.7. The molecule has 96 valence electrons. The zero-order chi connectivity index (χ0) is 11.3. The van der Waals surface area contributed by atoms with Gasteiger partial charge in [-0.3, -0.25) is 9.69 Å². The zero-order valence-electron chi connectivity index (χ0n) is 10.0. The van der Waals surface area contributed by atoms with Gasteiger partial charge in [0.15, 0.2) is 0 Å². The highest BCUT2D eigenvalue weighted by atomic mass is 35.5. The Labute approximate surface area is 103 Å². The molecular weight excluding hydrogens is 230 g/mol. The van der Waals surface area contributed by atoms with E-state index in [-0.39, 0.29) is 18.3 Å². The molecule has 0 spiro atoms. The Morgan fingerprint density at radius 1 is 1.50 bits per heavy atom. The third-order valence-electron chi connectivity index (χ3n) is 2.62. The Bertz CT molecular complexity index is 208. The smallest absolute Gasteiger partial charge is 0.238 e. The topological polar surface area (TPSA) is 58.8 Å². The fraction of sp³-hybridized carbons (Fsp3) is 0.900. The summed E-state index contributed by atoms with van der Waals surface area (Å²) in [6.45, 7) is 6.86. The van der Waals surface area contributed by atoms with Gasteiger partial charge in [-0.1, -0.05) is 0 Å². The van der Waals surface area contributed by atoms with Gasteiger partial charge in [0.2, 0.25) is 5.91 Å². The number of nitrogens with two attached hydrogens (primary N) is 1. The van der Waals surface area contributed by atoms with E-state index in [2.05, 4.69) is 4.90 Å². The van der Waals surface area contributed by atoms with Crippen LogP contribution < -0.4 is 5.73 Å². The summed E-state index contributed by atoms with van der Waals surface area (Å²) < 4.78 is 5.25. The quantitative estimate of drug-likeness (QED) is 0.735. The number of nitrogens with zero attached hydrogens (tertiary/aromatic N) is 2. The van der Waals surface area contributed by atoms with Crippen LogP contribution in [0.5, 0.6) is 0 Å². The molecule has 1 amide bonds. The molecule has 0 aromatic carbocycles. The Kier molecular flexibility index (Phi) is 7.66. The highest BCUT2D eigenvalue weighted by molar-refractivity contribution is 5.85. The molecule has 1 aliphatic heterocycles. The van der Waals surface area contributed by atoms with Crippen molar-refractivity contribution in [3.05, 3.63) is 0 Å². The average molecular weight is 252 g/mol. The highest BCUT2D eigenvalue weighted by Crippen LogP contribution is 1.97. The second-order valence-corrected chi connectivity index (χ2v) is 4.00. The molecule has 0 aromatic rings. The predicted octanol–water partition coefficient (Wildman–Crippen LogP) is -0.454. The lowest BCUT2D eigenvalue weighted by molar-refractivity contribution is -0.131. The van der Waals surface area contributed by atoms with E-state index < -0.39 is 6.04 Å². The largest absolute Gasteiger partial charge is 0.379 e. The minimum absolute atomic E-state index is 0. The lowest BCUT2D eigenvalue weighted by Crippen LogP contribution is -2.45. The molecule has 2 N–H and O–H groups in total. The number of hydrogen-bond acceptors (Lipinski definition) is 4. The van der Waals surface area contributed by atoms with Crippen LogP contribution in [0, 0.1) is 0 Å². The van der Waals surface area contributed by atoms with Crippen LogP contribution in [0.15, 0.2) is 0 Å². The molecule has 1 saturated heterocycles. The van der Waals surface area contributed by atoms with Crippen LogP contribution in [0.1, 0.15) is 6.92 Å². The molecule has 5 nitrogen and oxygen atoms in total. The molecule has 16 heavy (non-hydrogen) atoms. The van der Waals surface area contributed by atoms with Crippen molar-refractivity contribution in [2.45, 2.75) is 13.0 Å². The molecule has 6 heteroatoms. The van der Waals surface area contributed by atoms with Gasteiger partial charge < -0.3 is 15.4 Å². The number of morpholine rings is 1. The minimum atomic E-state index is -0.403. The molecule has 0 bridgehead atoms. The average Bonchev–Trinajstić information content (AvgIpc) is 2.26. The molecule has 1 atom stereocenters. The molecule has 1 fully saturated rings. The SMILES string of the molecule is CC(N)C(=O)N(C)CCN1CCOCC1.Cl. The molecular formula is C10H22ClN3O2. The summed E-state index contributed by atoms with van der Waals surface area (Å²) in [6.07, 6.45) is 0. The number of carbonyl (C=O) groups is 1. The maximum atomic E-state index is 11.5. The van der Waals surface area contributed by atoms with Crippen LogP contribution in [0.2, 0.25) is 0 Å². The third-order valence-corrected chi connectivity index (χ3v) is 2.62. The van der Waals surface area contributed by atoms with E-state index in [9.17, 15) is 4.79 Å². The van der Waals surface area contributed by atoms with E-state index in [1.54, 1.807) is 18.9 Å². The second-order valence-electron chi connectivity index (χ2n) is 4.00. The van der Waals surface area contributed by atoms with Crippen molar-refractivity contribution in [2.75, 3.05) is 46.4 Å². The van der Waals surface area contributed by atoms with Gasteiger partial charge in [0, 0.05) is 33.2 Å². The monoisotopic (exact) mass is 251 g/mol. The summed E-state index contributed by atoms with van der Waals surface area (Å²) in [6, 6.07) is -0.403. The lowest BCUT2D eigenvalue weighted by atomic mass is 10.3. The van der Waals surface area contributed by atoms with E-state index in [1.165, 1.54) is 0 Å². The number of amides is 1. The first-order valence-electron chi connectivity index (χ1n) is 5.42. The van der Waals surface area contributed by atoms with Crippen molar-refractivity contribution < 1.29 is 9.53 Å². The van der Waals surface area contributed by atoms with Gasteiger partial charge in [0.25, 0.3) is 0 Å². The Hall–Kier alpha value is -0.360. The first kappa shape index (κ1) is 15.6. The fourth-order valence-electron chi connectivity index (χ4n) is 1.57. The van der Waals surface area contributed by atoms with Crippen LogP contribution in [0.3, 0.4) is 0 Å². The van der Waals surface area contributed by atoms with E-state index in [4.69, 9.17) is 10.5 Å². The molecule has 1 heterocycles. The second kappa shape index (κ2) is 7.84. The summed E-state index contributed by atoms with van der Waals surface area (Å²) in [5.41, 5.74) is 5.52. The van der Waals surface area contributed by atoms with Crippen molar-refractivity contribution in [3.8, 4) is 0 Å². The zero-order valence-corrected chi connectivity index (χ0v) is 10.8. The number of rotatable bonds is 4. The molecule has 0 aliphatic carbocycles. The van der Waals surface area contributed by atoms with Gasteiger partial charge in [-0.15, -0.1) is 12.4 Å². The van der Waals surface area contributed by atoms with Crippen molar-refractivity contribution in [2.24, 2.45) is 5.73 Å². The summed E-state index contributed by atoms with van der Waals surface area (Å²) in [5, 5.41) is 0. The van der Waals surface area contributed by atoms with Gasteiger partial charge in [-0.25, -0.2) is 0 Å². The van der Waals surface area contributed by atoms with Gasteiger partial charge in [-0.05, 0) is 6.92 Å². The van der Waals surface area contributed by atoms with E-state index in [0.717, 1.165) is 39.4 Å². The maximum absolute atomic E-state index is 11.5. The number of hydrogen-bond donors (Lipinski definition) is 1. The summed E-state index contributed by atoms with van der Waals surface area (Å²) in [7, 11) is 1.80.